The second-order valence-electron chi connectivity index (χ2n) is 11.9. The number of aromatic nitrogens is 2. The van der Waals surface area contributed by atoms with Crippen LogP contribution in [0.15, 0.2) is 102 Å². The number of fused-ring (bicyclic) bond motifs is 3. The number of carbonyl (C=O) groups excluding carboxylic acids is 1. The fourth-order valence-corrected chi connectivity index (χ4v) is 5.83. The average Bonchev–Trinajstić information content (AvgIpc) is 3.21. The van der Waals surface area contributed by atoms with Crippen LogP contribution in [0.1, 0.15) is 34.5 Å². The van der Waals surface area contributed by atoms with Crippen molar-refractivity contribution in [3.8, 4) is 17.0 Å². The van der Waals surface area contributed by atoms with Crippen LogP contribution in [0.3, 0.4) is 0 Å². The SMILES string of the molecule is C.COc1cccc(Nc2cccc(Nc3ncc4c(n3)-c3ccc(C(=O)N5CC(N(C)C)C5)cc3C(c3ccccc3F)=NC4)c2)c1. The molecule has 2 N–H and O–H groups in total. The Kier molecular flexibility index (Phi) is 9.18. The number of hydrogen-bond acceptors (Lipinski definition) is 8. The van der Waals surface area contributed by atoms with E-state index in [-0.39, 0.29) is 25.7 Å². The van der Waals surface area contributed by atoms with Gasteiger partial charge in [-0.1, -0.05) is 37.8 Å². The largest absolute Gasteiger partial charge is 0.497 e. The number of amides is 1. The summed E-state index contributed by atoms with van der Waals surface area (Å²) in [6, 6.07) is 28.0. The van der Waals surface area contributed by atoms with Crippen molar-refractivity contribution in [3.63, 3.8) is 0 Å². The van der Waals surface area contributed by atoms with Crippen LogP contribution >= 0.6 is 0 Å². The zero-order valence-electron chi connectivity index (χ0n) is 26.4. The van der Waals surface area contributed by atoms with E-state index in [1.54, 1.807) is 31.5 Å². The Balaban J connectivity index is 0.00000401. The number of likely N-dealkylation sites (tertiary alicyclic amines) is 1. The maximum atomic E-state index is 15.2. The highest BCUT2D eigenvalue weighted by Gasteiger charge is 2.33. The number of rotatable bonds is 8. The lowest BCUT2D eigenvalue weighted by molar-refractivity contribution is 0.0399. The first kappa shape index (κ1) is 32.3. The van der Waals surface area contributed by atoms with Gasteiger partial charge in [-0.15, -0.1) is 0 Å². The summed E-state index contributed by atoms with van der Waals surface area (Å²) in [6.45, 7) is 1.59. The van der Waals surface area contributed by atoms with E-state index in [0.717, 1.165) is 33.9 Å². The van der Waals surface area contributed by atoms with Gasteiger partial charge in [0, 0.05) is 76.3 Å². The van der Waals surface area contributed by atoms with E-state index in [1.165, 1.54) is 6.07 Å². The van der Waals surface area contributed by atoms with E-state index in [1.807, 2.05) is 85.7 Å². The number of benzene rings is 4. The molecule has 0 radical (unpaired) electrons. The van der Waals surface area contributed by atoms with Gasteiger partial charge in [0.1, 0.15) is 11.6 Å². The maximum Gasteiger partial charge on any atom is 0.253 e. The van der Waals surface area contributed by atoms with Crippen molar-refractivity contribution in [3.05, 3.63) is 125 Å². The molecule has 4 aromatic carbocycles. The Labute approximate surface area is 280 Å². The van der Waals surface area contributed by atoms with Crippen molar-refractivity contribution in [2.75, 3.05) is 44.9 Å². The van der Waals surface area contributed by atoms with Gasteiger partial charge >= 0.3 is 0 Å². The van der Waals surface area contributed by atoms with Crippen LogP contribution in [-0.4, -0.2) is 71.7 Å². The molecule has 2 aliphatic rings. The lowest BCUT2D eigenvalue weighted by atomic mass is 9.92. The molecule has 0 spiro atoms. The summed E-state index contributed by atoms with van der Waals surface area (Å²) in [6.07, 6.45) is 1.75. The fourth-order valence-electron chi connectivity index (χ4n) is 5.83. The minimum absolute atomic E-state index is 0. The third-order valence-electron chi connectivity index (χ3n) is 8.53. The quantitative estimate of drug-likeness (QED) is 0.185. The first-order valence-corrected chi connectivity index (χ1v) is 15.4. The number of hydrogen-bond donors (Lipinski definition) is 2. The summed E-state index contributed by atoms with van der Waals surface area (Å²) in [5.74, 6) is 0.723. The summed E-state index contributed by atoms with van der Waals surface area (Å²) >= 11 is 0. The second kappa shape index (κ2) is 13.6. The molecule has 244 valence electrons. The molecule has 0 aliphatic carbocycles. The smallest absolute Gasteiger partial charge is 0.253 e. The summed E-state index contributed by atoms with van der Waals surface area (Å²) in [5.41, 5.74) is 6.82. The van der Waals surface area contributed by atoms with E-state index >= 15 is 4.39 Å². The minimum Gasteiger partial charge on any atom is -0.497 e. The molecule has 10 heteroatoms. The van der Waals surface area contributed by atoms with Crippen LogP contribution in [0.4, 0.5) is 27.4 Å². The van der Waals surface area contributed by atoms with Gasteiger partial charge in [0.25, 0.3) is 5.91 Å². The maximum absolute atomic E-state index is 15.2. The monoisotopic (exact) mass is 643 g/mol. The number of likely N-dealkylation sites (N-methyl/N-ethyl adjacent to an activating group) is 1. The van der Waals surface area contributed by atoms with E-state index in [4.69, 9.17) is 14.7 Å². The second-order valence-corrected chi connectivity index (χ2v) is 11.9. The molecule has 0 unspecified atom stereocenters. The Morgan fingerprint density at radius 1 is 0.875 bits per heavy atom. The van der Waals surface area contributed by atoms with Gasteiger partial charge in [-0.05, 0) is 68.7 Å². The lowest BCUT2D eigenvalue weighted by Crippen LogP contribution is -2.59. The standard InChI is InChI=1S/C37H34FN7O2.CH4/c1-44(2)28-21-45(22-28)36(46)23-14-15-30-32(16-23)35(31-12-4-5-13-33(31)38)39-19-24-20-40-37(43-34(24)30)42-26-9-6-8-25(17-26)41-27-10-7-11-29(18-27)47-3;/h4-18,20,28,41H,19,21-22H2,1-3H3,(H,40,42,43);1H4. The molecule has 1 saturated heterocycles. The molecule has 0 atom stereocenters. The van der Waals surface area contributed by atoms with Crippen LogP contribution in [0.2, 0.25) is 0 Å². The number of anilines is 4. The highest BCUT2D eigenvalue weighted by molar-refractivity contribution is 6.18. The van der Waals surface area contributed by atoms with Gasteiger partial charge in [0.15, 0.2) is 0 Å². The van der Waals surface area contributed by atoms with Crippen molar-refractivity contribution in [1.29, 1.82) is 0 Å². The van der Waals surface area contributed by atoms with Crippen LogP contribution < -0.4 is 15.4 Å². The Morgan fingerprint density at radius 3 is 2.35 bits per heavy atom. The first-order valence-electron chi connectivity index (χ1n) is 15.4. The van der Waals surface area contributed by atoms with Crippen molar-refractivity contribution < 1.29 is 13.9 Å². The third-order valence-corrected chi connectivity index (χ3v) is 8.53. The normalized spacial score (nSPS) is 13.7. The zero-order valence-corrected chi connectivity index (χ0v) is 26.4. The summed E-state index contributed by atoms with van der Waals surface area (Å²) in [7, 11) is 5.68. The zero-order chi connectivity index (χ0) is 32.5. The molecule has 1 fully saturated rings. The van der Waals surface area contributed by atoms with Crippen molar-refractivity contribution in [2.45, 2.75) is 20.0 Å². The average molecular weight is 644 g/mol. The van der Waals surface area contributed by atoms with E-state index in [2.05, 4.69) is 20.5 Å². The molecule has 0 bridgehead atoms. The van der Waals surface area contributed by atoms with Gasteiger partial charge in [-0.25, -0.2) is 14.4 Å². The molecule has 5 aromatic rings. The Bertz CT molecular complexity index is 2010. The molecular weight excluding hydrogens is 605 g/mol. The molecule has 1 aromatic heterocycles. The third kappa shape index (κ3) is 6.47. The van der Waals surface area contributed by atoms with Crippen molar-refractivity contribution >= 4 is 34.6 Å². The van der Waals surface area contributed by atoms with Crippen LogP contribution in [0.5, 0.6) is 5.75 Å². The number of aliphatic imine (C=N–C) groups is 1. The van der Waals surface area contributed by atoms with Gasteiger partial charge in [-0.3, -0.25) is 9.79 Å². The van der Waals surface area contributed by atoms with Gasteiger partial charge < -0.3 is 25.2 Å². The first-order chi connectivity index (χ1) is 22.9. The fraction of sp³-hybridized carbons (Fsp3) is 0.211. The predicted molar refractivity (Wildman–Crippen MR) is 189 cm³/mol. The molecule has 1 amide bonds. The molecular formula is C38H38FN7O2. The number of nitrogens with zero attached hydrogens (tertiary/aromatic N) is 5. The summed E-state index contributed by atoms with van der Waals surface area (Å²) in [5, 5.41) is 6.73. The molecule has 9 nitrogen and oxygen atoms in total. The lowest BCUT2D eigenvalue weighted by Gasteiger charge is -2.42. The molecule has 7 rings (SSSR count). The highest BCUT2D eigenvalue weighted by Crippen LogP contribution is 2.34. The highest BCUT2D eigenvalue weighted by atomic mass is 19.1. The Morgan fingerprint density at radius 2 is 1.60 bits per heavy atom. The summed E-state index contributed by atoms with van der Waals surface area (Å²) < 4.78 is 20.5. The number of nitrogens with one attached hydrogen (secondary N) is 2. The molecule has 0 saturated carbocycles. The number of ether oxygens (including phenoxy) is 1. The molecule has 3 heterocycles. The number of carbonyl (C=O) groups is 1. The molecule has 48 heavy (non-hydrogen) atoms. The van der Waals surface area contributed by atoms with E-state index in [0.29, 0.717) is 53.2 Å². The van der Waals surface area contributed by atoms with Crippen LogP contribution in [0.25, 0.3) is 11.3 Å². The topological polar surface area (TPSA) is 95.0 Å². The van der Waals surface area contributed by atoms with E-state index in [9.17, 15) is 4.79 Å². The van der Waals surface area contributed by atoms with Gasteiger partial charge in [-0.2, -0.15) is 0 Å². The van der Waals surface area contributed by atoms with Crippen LogP contribution in [0, 0.1) is 5.82 Å². The van der Waals surface area contributed by atoms with Gasteiger partial charge in [0.2, 0.25) is 5.95 Å². The van der Waals surface area contributed by atoms with E-state index < -0.39 is 0 Å². The number of halogens is 1. The number of methoxy groups -OCH3 is 1. The predicted octanol–water partition coefficient (Wildman–Crippen LogP) is 7.15. The Hall–Kier alpha value is -5.61. The summed E-state index contributed by atoms with van der Waals surface area (Å²) in [4.78, 5) is 31.8. The van der Waals surface area contributed by atoms with Crippen molar-refractivity contribution in [2.24, 2.45) is 4.99 Å². The van der Waals surface area contributed by atoms with Crippen molar-refractivity contribution in [1.82, 2.24) is 19.8 Å². The minimum atomic E-state index is -0.382. The van der Waals surface area contributed by atoms with Gasteiger partial charge in [0.05, 0.1) is 25.1 Å². The van der Waals surface area contributed by atoms with Crippen LogP contribution in [-0.2, 0) is 6.54 Å². The molecule has 2 aliphatic heterocycles.